The van der Waals surface area contributed by atoms with Crippen molar-refractivity contribution in [2.45, 2.75) is 25.7 Å². The first-order valence-corrected chi connectivity index (χ1v) is 5.74. The second-order valence-corrected chi connectivity index (χ2v) is 4.95. The molecule has 1 aromatic carbocycles. The van der Waals surface area contributed by atoms with Gasteiger partial charge in [0.25, 0.3) is 0 Å². The molecular formula is C10H14IN3. The number of hydrogen-bond acceptors (Lipinski definition) is 3. The standard InChI is InChI=1S/C10H14IN3/c1-4-6(5-2-3-5)8(12)10(14)9(13)7(4)11/h5H,2-3,12-14H2,1H3. The van der Waals surface area contributed by atoms with Crippen molar-refractivity contribution in [3.63, 3.8) is 0 Å². The molecule has 3 nitrogen and oxygen atoms in total. The molecular weight excluding hydrogens is 289 g/mol. The fraction of sp³-hybridized carbons (Fsp3) is 0.400. The van der Waals surface area contributed by atoms with E-state index in [9.17, 15) is 0 Å². The second kappa shape index (κ2) is 3.18. The molecule has 0 unspecified atom stereocenters. The summed E-state index contributed by atoms with van der Waals surface area (Å²) in [6, 6.07) is 0. The van der Waals surface area contributed by atoms with Crippen LogP contribution in [0.4, 0.5) is 17.1 Å². The van der Waals surface area contributed by atoms with Gasteiger partial charge >= 0.3 is 0 Å². The first-order valence-electron chi connectivity index (χ1n) is 4.66. The molecule has 0 amide bonds. The molecule has 0 spiro atoms. The fourth-order valence-corrected chi connectivity index (χ4v) is 2.41. The van der Waals surface area contributed by atoms with Gasteiger partial charge in [0.1, 0.15) is 0 Å². The lowest BCUT2D eigenvalue weighted by Crippen LogP contribution is -2.08. The molecule has 76 valence electrons. The summed E-state index contributed by atoms with van der Waals surface area (Å²) in [5.41, 5.74) is 22.0. The van der Waals surface area contributed by atoms with E-state index in [0.717, 1.165) is 3.57 Å². The van der Waals surface area contributed by atoms with Crippen molar-refractivity contribution in [1.82, 2.24) is 0 Å². The van der Waals surface area contributed by atoms with E-state index >= 15 is 0 Å². The molecule has 1 saturated carbocycles. The summed E-state index contributed by atoms with van der Waals surface area (Å²) in [5, 5.41) is 0. The number of benzene rings is 1. The van der Waals surface area contributed by atoms with E-state index in [-0.39, 0.29) is 0 Å². The topological polar surface area (TPSA) is 78.1 Å². The summed E-state index contributed by atoms with van der Waals surface area (Å²) in [4.78, 5) is 0. The number of anilines is 3. The number of nitrogens with two attached hydrogens (primary N) is 3. The molecule has 0 radical (unpaired) electrons. The van der Waals surface area contributed by atoms with Crippen LogP contribution in [0.15, 0.2) is 0 Å². The van der Waals surface area contributed by atoms with Crippen molar-refractivity contribution in [2.75, 3.05) is 17.2 Å². The van der Waals surface area contributed by atoms with E-state index in [1.54, 1.807) is 0 Å². The Morgan fingerprint density at radius 1 is 1.07 bits per heavy atom. The normalized spacial score (nSPS) is 15.9. The maximum Gasteiger partial charge on any atom is 0.0795 e. The lowest BCUT2D eigenvalue weighted by Gasteiger charge is -2.16. The summed E-state index contributed by atoms with van der Waals surface area (Å²) in [7, 11) is 0. The molecule has 0 aromatic heterocycles. The first-order chi connectivity index (χ1) is 6.54. The van der Waals surface area contributed by atoms with Crippen molar-refractivity contribution < 1.29 is 0 Å². The van der Waals surface area contributed by atoms with Gasteiger partial charge in [-0.3, -0.25) is 0 Å². The molecule has 14 heavy (non-hydrogen) atoms. The summed E-state index contributed by atoms with van der Waals surface area (Å²) in [6.45, 7) is 2.07. The molecule has 0 saturated heterocycles. The van der Waals surface area contributed by atoms with Crippen LogP contribution in [0.1, 0.15) is 29.9 Å². The predicted molar refractivity (Wildman–Crippen MR) is 69.1 cm³/mol. The zero-order valence-electron chi connectivity index (χ0n) is 8.10. The van der Waals surface area contributed by atoms with E-state index in [0.29, 0.717) is 23.0 Å². The van der Waals surface area contributed by atoms with Gasteiger partial charge in [-0.05, 0) is 59.4 Å². The van der Waals surface area contributed by atoms with E-state index in [1.807, 2.05) is 0 Å². The van der Waals surface area contributed by atoms with Crippen LogP contribution in [0.3, 0.4) is 0 Å². The molecule has 6 N–H and O–H groups in total. The van der Waals surface area contributed by atoms with Crippen LogP contribution >= 0.6 is 22.6 Å². The Kier molecular flexibility index (Phi) is 2.25. The fourth-order valence-electron chi connectivity index (χ4n) is 1.83. The summed E-state index contributed by atoms with van der Waals surface area (Å²) in [5.74, 6) is 0.617. The summed E-state index contributed by atoms with van der Waals surface area (Å²) < 4.78 is 1.05. The third kappa shape index (κ3) is 1.32. The van der Waals surface area contributed by atoms with E-state index in [4.69, 9.17) is 17.2 Å². The second-order valence-electron chi connectivity index (χ2n) is 3.87. The summed E-state index contributed by atoms with van der Waals surface area (Å²) >= 11 is 2.24. The SMILES string of the molecule is Cc1c(I)c(N)c(N)c(N)c1C1CC1. The van der Waals surface area contributed by atoms with Crippen molar-refractivity contribution in [3.05, 3.63) is 14.7 Å². The Bertz CT molecular complexity index is 368. The van der Waals surface area contributed by atoms with Gasteiger partial charge in [-0.2, -0.15) is 0 Å². The maximum atomic E-state index is 5.99. The lowest BCUT2D eigenvalue weighted by atomic mass is 10.00. The molecule has 0 heterocycles. The van der Waals surface area contributed by atoms with Crippen molar-refractivity contribution in [3.8, 4) is 0 Å². The first kappa shape index (κ1) is 9.89. The highest BCUT2D eigenvalue weighted by Crippen LogP contribution is 2.48. The monoisotopic (exact) mass is 303 g/mol. The Morgan fingerprint density at radius 2 is 1.64 bits per heavy atom. The van der Waals surface area contributed by atoms with Crippen LogP contribution in [0, 0.1) is 10.5 Å². The minimum absolute atomic E-state index is 0.557. The van der Waals surface area contributed by atoms with Gasteiger partial charge in [0, 0.05) is 3.57 Å². The third-order valence-electron chi connectivity index (χ3n) is 2.83. The molecule has 1 aliphatic rings. The van der Waals surface area contributed by atoms with E-state index in [2.05, 4.69) is 29.5 Å². The lowest BCUT2D eigenvalue weighted by molar-refractivity contribution is 1.10. The van der Waals surface area contributed by atoms with Gasteiger partial charge < -0.3 is 17.2 Å². The van der Waals surface area contributed by atoms with Crippen LogP contribution in [-0.4, -0.2) is 0 Å². The molecule has 2 rings (SSSR count). The zero-order valence-corrected chi connectivity index (χ0v) is 10.3. The average molecular weight is 303 g/mol. The molecule has 1 aromatic rings. The largest absolute Gasteiger partial charge is 0.397 e. The van der Waals surface area contributed by atoms with Gasteiger partial charge in [0.15, 0.2) is 0 Å². The quantitative estimate of drug-likeness (QED) is 0.550. The highest BCUT2D eigenvalue weighted by Gasteiger charge is 2.29. The Labute approximate surface area is 97.2 Å². The van der Waals surface area contributed by atoms with E-state index < -0.39 is 0 Å². The zero-order chi connectivity index (χ0) is 10.5. The van der Waals surface area contributed by atoms with Crippen LogP contribution in [-0.2, 0) is 0 Å². The van der Waals surface area contributed by atoms with Crippen molar-refractivity contribution in [2.24, 2.45) is 0 Å². The summed E-state index contributed by atoms with van der Waals surface area (Å²) in [6.07, 6.45) is 2.45. The number of hydrogen-bond donors (Lipinski definition) is 3. The minimum atomic E-state index is 0.557. The number of halogens is 1. The van der Waals surface area contributed by atoms with Gasteiger partial charge in [-0.1, -0.05) is 0 Å². The molecule has 1 aliphatic carbocycles. The van der Waals surface area contributed by atoms with Gasteiger partial charge in [0.05, 0.1) is 17.1 Å². The molecule has 0 bridgehead atoms. The van der Waals surface area contributed by atoms with Crippen molar-refractivity contribution >= 4 is 39.7 Å². The van der Waals surface area contributed by atoms with Crippen molar-refractivity contribution in [1.29, 1.82) is 0 Å². The molecule has 1 fully saturated rings. The number of nitrogen functional groups attached to an aromatic ring is 3. The van der Waals surface area contributed by atoms with Gasteiger partial charge in [-0.15, -0.1) is 0 Å². The number of rotatable bonds is 1. The third-order valence-corrected chi connectivity index (χ3v) is 4.22. The minimum Gasteiger partial charge on any atom is -0.397 e. The molecule has 0 atom stereocenters. The van der Waals surface area contributed by atoms with E-state index in [1.165, 1.54) is 24.0 Å². The van der Waals surface area contributed by atoms with Crippen LogP contribution in [0.2, 0.25) is 0 Å². The maximum absolute atomic E-state index is 5.99. The van der Waals surface area contributed by atoms with Crippen LogP contribution in [0.25, 0.3) is 0 Å². The Hall–Kier alpha value is -0.650. The Morgan fingerprint density at radius 3 is 2.14 bits per heavy atom. The predicted octanol–water partition coefficient (Wildman–Crippen LogP) is 2.22. The highest BCUT2D eigenvalue weighted by atomic mass is 127. The molecule has 4 heteroatoms. The van der Waals surface area contributed by atoms with Crippen LogP contribution in [0.5, 0.6) is 0 Å². The smallest absolute Gasteiger partial charge is 0.0795 e. The average Bonchev–Trinajstić information content (AvgIpc) is 2.96. The van der Waals surface area contributed by atoms with Gasteiger partial charge in [0.2, 0.25) is 0 Å². The highest BCUT2D eigenvalue weighted by molar-refractivity contribution is 14.1. The Balaban J connectivity index is 2.69. The van der Waals surface area contributed by atoms with Crippen LogP contribution < -0.4 is 17.2 Å². The van der Waals surface area contributed by atoms with Gasteiger partial charge in [-0.25, -0.2) is 0 Å². The molecule has 0 aliphatic heterocycles.